The second kappa shape index (κ2) is 10.9. The first-order valence-corrected chi connectivity index (χ1v) is 17.4. The van der Waals surface area contributed by atoms with Crippen LogP contribution in [0.5, 0.6) is 0 Å². The van der Waals surface area contributed by atoms with E-state index in [2.05, 4.69) is 159 Å². The molecule has 3 aromatic heterocycles. The second-order valence-corrected chi connectivity index (χ2v) is 13.4. The predicted octanol–water partition coefficient (Wildman–Crippen LogP) is 11.9. The fourth-order valence-electron chi connectivity index (χ4n) is 8.66. The maximum atomic E-state index is 4.47. The molecule has 0 fully saturated rings. The molecule has 0 saturated heterocycles. The van der Waals surface area contributed by atoms with E-state index >= 15 is 0 Å². The van der Waals surface area contributed by atoms with Gasteiger partial charge in [0.25, 0.3) is 0 Å². The van der Waals surface area contributed by atoms with Crippen LogP contribution in [0.4, 0.5) is 17.1 Å². The van der Waals surface area contributed by atoms with Crippen LogP contribution in [0.1, 0.15) is 22.6 Å². The molecule has 1 atom stereocenters. The van der Waals surface area contributed by atoms with E-state index in [0.29, 0.717) is 0 Å². The molecule has 0 bridgehead atoms. The average Bonchev–Trinajstić information content (AvgIpc) is 3.73. The summed E-state index contributed by atoms with van der Waals surface area (Å²) in [5, 5.41) is 2.57. The quantitative estimate of drug-likeness (QED) is 0.190. The van der Waals surface area contributed by atoms with Gasteiger partial charge in [0.2, 0.25) is 0 Å². The van der Waals surface area contributed by atoms with Crippen LogP contribution in [-0.4, -0.2) is 14.5 Å². The first kappa shape index (κ1) is 28.1. The van der Waals surface area contributed by atoms with Crippen molar-refractivity contribution in [1.29, 1.82) is 0 Å². The number of anilines is 3. The van der Waals surface area contributed by atoms with Gasteiger partial charge >= 0.3 is 0 Å². The van der Waals surface area contributed by atoms with E-state index in [9.17, 15) is 0 Å². The van der Waals surface area contributed by atoms with Crippen molar-refractivity contribution in [2.24, 2.45) is 0 Å². The van der Waals surface area contributed by atoms with E-state index in [1.807, 2.05) is 36.9 Å². The van der Waals surface area contributed by atoms with E-state index in [1.54, 1.807) is 0 Å². The molecular formula is C47H30N4. The van der Waals surface area contributed by atoms with Crippen molar-refractivity contribution in [2.45, 2.75) is 5.92 Å². The highest BCUT2D eigenvalue weighted by molar-refractivity contribution is 6.22. The highest BCUT2D eigenvalue weighted by atomic mass is 15.2. The number of benzene rings is 6. The monoisotopic (exact) mass is 650 g/mol. The number of hydrogen-bond donors (Lipinski definition) is 0. The van der Waals surface area contributed by atoms with Gasteiger partial charge in [-0.2, -0.15) is 0 Å². The van der Waals surface area contributed by atoms with Crippen molar-refractivity contribution in [3.63, 3.8) is 0 Å². The zero-order valence-electron chi connectivity index (χ0n) is 27.6. The molecule has 0 N–H and O–H groups in total. The predicted molar refractivity (Wildman–Crippen MR) is 208 cm³/mol. The third-order valence-electron chi connectivity index (χ3n) is 10.7. The van der Waals surface area contributed by atoms with Crippen molar-refractivity contribution < 1.29 is 0 Å². The first-order valence-electron chi connectivity index (χ1n) is 17.4. The topological polar surface area (TPSA) is 34.0 Å². The highest BCUT2D eigenvalue weighted by Gasteiger charge is 2.35. The lowest BCUT2D eigenvalue weighted by molar-refractivity contribution is 1.02. The van der Waals surface area contributed by atoms with E-state index in [-0.39, 0.29) is 5.92 Å². The summed E-state index contributed by atoms with van der Waals surface area (Å²) in [6.45, 7) is 0. The zero-order valence-corrected chi connectivity index (χ0v) is 27.6. The summed E-state index contributed by atoms with van der Waals surface area (Å²) in [6, 6.07) is 55.4. The lowest BCUT2D eigenvalue weighted by Gasteiger charge is -2.33. The Morgan fingerprint density at radius 3 is 1.92 bits per heavy atom. The molecule has 11 rings (SSSR count). The fourth-order valence-corrected chi connectivity index (χ4v) is 8.66. The van der Waals surface area contributed by atoms with Crippen molar-refractivity contribution in [1.82, 2.24) is 14.5 Å². The number of hydrogen-bond acceptors (Lipinski definition) is 3. The minimum absolute atomic E-state index is 0.193. The summed E-state index contributed by atoms with van der Waals surface area (Å²) in [5.41, 5.74) is 18.1. The third kappa shape index (κ3) is 4.08. The largest absolute Gasteiger partial charge is 0.306 e. The molecule has 51 heavy (non-hydrogen) atoms. The molecule has 4 nitrogen and oxygen atoms in total. The highest BCUT2D eigenvalue weighted by Crippen LogP contribution is 2.56. The Kier molecular flexibility index (Phi) is 5.98. The van der Waals surface area contributed by atoms with Crippen molar-refractivity contribution in [3.8, 4) is 39.1 Å². The van der Waals surface area contributed by atoms with Crippen LogP contribution in [0, 0.1) is 0 Å². The molecule has 2 aliphatic rings. The van der Waals surface area contributed by atoms with Gasteiger partial charge in [-0.05, 0) is 93.5 Å². The van der Waals surface area contributed by atoms with Gasteiger partial charge in [-0.15, -0.1) is 0 Å². The molecule has 4 heteroatoms. The maximum Gasteiger partial charge on any atom is 0.0783 e. The summed E-state index contributed by atoms with van der Waals surface area (Å²) >= 11 is 0. The van der Waals surface area contributed by atoms with Gasteiger partial charge in [0, 0.05) is 58.3 Å². The summed E-state index contributed by atoms with van der Waals surface area (Å²) < 4.78 is 2.50. The van der Waals surface area contributed by atoms with Gasteiger partial charge in [0.1, 0.15) is 0 Å². The standard InChI is InChI=1S/C47H30N4/c1-2-11-30(12-3-1)44-36-15-4-5-16-37(36)45-38(44)21-22-42-46(45)39-17-8-20-43-47(39)51(42)41-19-7-6-18-40(41)50(43)35-26-33(31-13-9-23-48-28-31)25-34(27-35)32-14-10-24-49-29-32/h1-29,44H. The number of aromatic nitrogens is 3. The van der Waals surface area contributed by atoms with Gasteiger partial charge in [-0.1, -0.05) is 97.1 Å². The maximum absolute atomic E-state index is 4.47. The van der Waals surface area contributed by atoms with Crippen LogP contribution in [0.2, 0.25) is 0 Å². The molecule has 1 aliphatic carbocycles. The molecule has 1 unspecified atom stereocenters. The van der Waals surface area contributed by atoms with E-state index in [0.717, 1.165) is 45.0 Å². The molecule has 0 saturated carbocycles. The molecule has 6 aromatic carbocycles. The molecule has 9 aromatic rings. The number of para-hydroxylation sites is 3. The number of pyridine rings is 2. The summed E-state index contributed by atoms with van der Waals surface area (Å²) in [4.78, 5) is 11.4. The Bertz CT molecular complexity index is 2750. The lowest BCUT2D eigenvalue weighted by atomic mass is 9.89. The van der Waals surface area contributed by atoms with Crippen LogP contribution in [0.25, 0.3) is 60.9 Å². The number of rotatable bonds is 4. The Morgan fingerprint density at radius 1 is 0.490 bits per heavy atom. The van der Waals surface area contributed by atoms with Crippen LogP contribution in [0.3, 0.4) is 0 Å². The summed E-state index contributed by atoms with van der Waals surface area (Å²) in [6.07, 6.45) is 7.53. The van der Waals surface area contributed by atoms with Gasteiger partial charge < -0.3 is 9.47 Å². The third-order valence-corrected chi connectivity index (χ3v) is 10.7. The molecule has 0 amide bonds. The van der Waals surface area contributed by atoms with Crippen molar-refractivity contribution in [3.05, 3.63) is 193 Å². The zero-order chi connectivity index (χ0) is 33.5. The fraction of sp³-hybridized carbons (Fsp3) is 0.0213. The Morgan fingerprint density at radius 2 is 1.18 bits per heavy atom. The Hall–Kier alpha value is -6.78. The number of nitrogens with zero attached hydrogens (tertiary/aromatic N) is 4. The van der Waals surface area contributed by atoms with E-state index in [1.165, 1.54) is 49.6 Å². The van der Waals surface area contributed by atoms with Gasteiger partial charge in [0.15, 0.2) is 0 Å². The van der Waals surface area contributed by atoms with Gasteiger partial charge in [-0.3, -0.25) is 9.97 Å². The van der Waals surface area contributed by atoms with Crippen LogP contribution in [-0.2, 0) is 0 Å². The van der Waals surface area contributed by atoms with Gasteiger partial charge in [0.05, 0.1) is 28.1 Å². The summed E-state index contributed by atoms with van der Waals surface area (Å²) in [7, 11) is 0. The molecular weight excluding hydrogens is 621 g/mol. The molecule has 1 aliphatic heterocycles. The molecule has 238 valence electrons. The lowest BCUT2D eigenvalue weighted by Crippen LogP contribution is -2.18. The first-order chi connectivity index (χ1) is 25.3. The minimum atomic E-state index is 0.193. The van der Waals surface area contributed by atoms with Crippen LogP contribution < -0.4 is 4.90 Å². The second-order valence-electron chi connectivity index (χ2n) is 13.4. The van der Waals surface area contributed by atoms with Gasteiger partial charge in [-0.25, -0.2) is 0 Å². The van der Waals surface area contributed by atoms with Crippen molar-refractivity contribution >= 4 is 38.9 Å². The smallest absolute Gasteiger partial charge is 0.0783 e. The summed E-state index contributed by atoms with van der Waals surface area (Å²) in [5.74, 6) is 0.193. The molecule has 0 spiro atoms. The normalized spacial score (nSPS) is 14.0. The SMILES string of the molecule is c1ccc(C2c3ccccc3-c3c2ccc2c3c3cccc4c3n2-c2ccccc2N4c2cc(-c3cccnc3)cc(-c3cccnc3)c2)cc1. The van der Waals surface area contributed by atoms with E-state index in [4.69, 9.17) is 0 Å². The average molecular weight is 651 g/mol. The van der Waals surface area contributed by atoms with Crippen molar-refractivity contribution in [2.75, 3.05) is 4.90 Å². The Balaban J connectivity index is 1.22. The minimum Gasteiger partial charge on any atom is -0.306 e. The number of fused-ring (bicyclic) bond motifs is 9. The van der Waals surface area contributed by atoms with Crippen LogP contribution >= 0.6 is 0 Å². The van der Waals surface area contributed by atoms with Crippen LogP contribution in [0.15, 0.2) is 176 Å². The Labute approximate surface area is 295 Å². The molecule has 4 heterocycles. The molecule has 0 radical (unpaired) electrons. The van der Waals surface area contributed by atoms with E-state index < -0.39 is 0 Å².